The third-order valence-corrected chi connectivity index (χ3v) is 9.92. The van der Waals surface area contributed by atoms with Gasteiger partial charge in [-0.2, -0.15) is 0 Å². The maximum Gasteiger partial charge on any atom is 0.307 e. The molecule has 50 heavy (non-hydrogen) atoms. The van der Waals surface area contributed by atoms with E-state index in [2.05, 4.69) is 19.4 Å². The Kier molecular flexibility index (Phi) is 14.8. The average molecular weight is 742 g/mol. The van der Waals surface area contributed by atoms with Crippen LogP contribution in [-0.4, -0.2) is 45.4 Å². The molecule has 2 aromatic heterocycles. The van der Waals surface area contributed by atoms with Crippen molar-refractivity contribution >= 4 is 46.5 Å². The second kappa shape index (κ2) is 18.1. The highest BCUT2D eigenvalue weighted by Crippen LogP contribution is 2.33. The first-order valence-corrected chi connectivity index (χ1v) is 17.9. The van der Waals surface area contributed by atoms with Gasteiger partial charge >= 0.3 is 11.9 Å². The number of nitrogens with one attached hydrogen (secondary N) is 1. The van der Waals surface area contributed by atoms with Gasteiger partial charge in [-0.25, -0.2) is 9.97 Å². The van der Waals surface area contributed by atoms with Crippen LogP contribution in [0.15, 0.2) is 60.7 Å². The minimum Gasteiger partial charge on any atom is -0.598 e. The van der Waals surface area contributed by atoms with Gasteiger partial charge in [-0.15, -0.1) is 4.72 Å². The van der Waals surface area contributed by atoms with Crippen molar-refractivity contribution in [2.45, 2.75) is 78.1 Å². The molecular weight excluding hydrogens is 695 g/mol. The molecule has 0 bridgehead atoms. The summed E-state index contributed by atoms with van der Waals surface area (Å²) in [5, 5.41) is 0.670. The van der Waals surface area contributed by atoms with Crippen LogP contribution in [0.2, 0.25) is 10.3 Å². The number of methoxy groups -OCH3 is 2. The molecule has 0 saturated heterocycles. The molecule has 0 radical (unpaired) electrons. The molecule has 1 unspecified atom stereocenters. The molecule has 12 heteroatoms. The zero-order chi connectivity index (χ0) is 37.3. The summed E-state index contributed by atoms with van der Waals surface area (Å²) in [5.41, 5.74) is 15.7. The van der Waals surface area contributed by atoms with Crippen LogP contribution >= 0.6 is 23.2 Å². The van der Waals surface area contributed by atoms with Gasteiger partial charge in [0, 0.05) is 11.4 Å². The Labute approximate surface area is 308 Å². The Bertz CT molecular complexity index is 1770. The summed E-state index contributed by atoms with van der Waals surface area (Å²) in [6.07, 6.45) is 0.0634. The van der Waals surface area contributed by atoms with Gasteiger partial charge in [-0.1, -0.05) is 59.6 Å². The van der Waals surface area contributed by atoms with Crippen LogP contribution in [0.4, 0.5) is 0 Å². The normalized spacial score (nSPS) is 13.1. The second-order valence-electron chi connectivity index (χ2n) is 13.0. The molecule has 2 heterocycles. The standard InChI is InChI=1S/C21H27ClN2O3S.C17H19ClN2O2/c1-13-8-7-9-14(2)20(13)15-10-16(23-18(22)11-15)17(12-19(25)27-6)24-28(26)21(3,4)5;1-10-5-4-6-11(2)17(10)12-7-14(20-15(18)8-12)13(19)9-16(21)22-3/h7-11,17,24H,12H2,1-6H3;4-8,13H,9,19H2,1-3H3/t17-,28?;13-/m00/s1. The predicted molar refractivity (Wildman–Crippen MR) is 202 cm³/mol. The largest absolute Gasteiger partial charge is 0.598 e. The smallest absolute Gasteiger partial charge is 0.307 e. The number of nitrogens with zero attached hydrogens (tertiary/aromatic N) is 2. The monoisotopic (exact) mass is 740 g/mol. The highest BCUT2D eigenvalue weighted by atomic mass is 35.5. The SMILES string of the molecule is COC(=O)C[C@H](N)c1cc(-c2c(C)cccc2C)cc(Cl)n1.COC(=O)C[C@H](N[S+]([O-])C(C)(C)C)c1cc(-c2c(C)cccc2C)cc(Cl)n1. The molecule has 0 aliphatic heterocycles. The van der Waals surface area contributed by atoms with E-state index in [1.807, 2.05) is 103 Å². The molecule has 3 N–H and O–H groups in total. The van der Waals surface area contributed by atoms with E-state index in [0.717, 1.165) is 44.5 Å². The minimum atomic E-state index is -1.39. The molecule has 0 aliphatic carbocycles. The lowest BCUT2D eigenvalue weighted by Crippen LogP contribution is -2.42. The van der Waals surface area contributed by atoms with Crippen LogP contribution in [0.5, 0.6) is 0 Å². The Morgan fingerprint density at radius 3 is 1.60 bits per heavy atom. The lowest BCUT2D eigenvalue weighted by Gasteiger charge is -2.27. The quantitative estimate of drug-likeness (QED) is 0.0934. The van der Waals surface area contributed by atoms with Crippen molar-refractivity contribution in [3.63, 3.8) is 0 Å². The first kappa shape index (κ1) is 40.9. The molecule has 4 rings (SSSR count). The maximum absolute atomic E-state index is 12.7. The Morgan fingerprint density at radius 2 is 1.18 bits per heavy atom. The van der Waals surface area contributed by atoms with Crippen molar-refractivity contribution < 1.29 is 23.6 Å². The summed E-state index contributed by atoms with van der Waals surface area (Å²) < 4.78 is 24.6. The molecule has 3 atom stereocenters. The van der Waals surface area contributed by atoms with E-state index in [9.17, 15) is 14.1 Å². The van der Waals surface area contributed by atoms with Gasteiger partial charge < -0.3 is 19.8 Å². The summed E-state index contributed by atoms with van der Waals surface area (Å²) >= 11 is 11.1. The number of hydrogen-bond donors (Lipinski definition) is 2. The van der Waals surface area contributed by atoms with Crippen LogP contribution in [0, 0.1) is 27.7 Å². The number of esters is 2. The fourth-order valence-corrected chi connectivity index (χ4v) is 6.61. The van der Waals surface area contributed by atoms with Crippen molar-refractivity contribution in [1.82, 2.24) is 14.7 Å². The van der Waals surface area contributed by atoms with E-state index in [0.29, 0.717) is 21.7 Å². The van der Waals surface area contributed by atoms with Gasteiger partial charge in [0.2, 0.25) is 0 Å². The summed E-state index contributed by atoms with van der Waals surface area (Å²) in [6, 6.07) is 18.4. The first-order valence-electron chi connectivity index (χ1n) is 16.0. The third kappa shape index (κ3) is 11.2. The number of benzene rings is 2. The van der Waals surface area contributed by atoms with Crippen LogP contribution < -0.4 is 10.5 Å². The summed E-state index contributed by atoms with van der Waals surface area (Å²) in [4.78, 5) is 32.0. The number of halogens is 2. The van der Waals surface area contributed by atoms with Crippen LogP contribution in [-0.2, 0) is 30.4 Å². The Hall–Kier alpha value is -3.51. The van der Waals surface area contributed by atoms with Gasteiger partial charge in [0.05, 0.1) is 44.5 Å². The van der Waals surface area contributed by atoms with Gasteiger partial charge in [0.25, 0.3) is 0 Å². The highest BCUT2D eigenvalue weighted by Gasteiger charge is 2.32. The summed E-state index contributed by atoms with van der Waals surface area (Å²) in [5.74, 6) is -0.790. The molecule has 0 spiro atoms. The van der Waals surface area contributed by atoms with E-state index < -0.39 is 34.2 Å². The number of ether oxygens (including phenoxy) is 2. The van der Waals surface area contributed by atoms with Crippen molar-refractivity contribution in [2.24, 2.45) is 5.73 Å². The molecule has 0 aliphatic rings. The zero-order valence-corrected chi connectivity index (χ0v) is 32.3. The highest BCUT2D eigenvalue weighted by molar-refractivity contribution is 7.90. The Balaban J connectivity index is 0.000000278. The van der Waals surface area contributed by atoms with Gasteiger partial charge in [0.1, 0.15) is 21.1 Å². The fraction of sp³-hybridized carbons (Fsp3) is 0.368. The second-order valence-corrected chi connectivity index (χ2v) is 15.7. The Morgan fingerprint density at radius 1 is 0.780 bits per heavy atom. The number of hydrogen-bond acceptors (Lipinski definition) is 9. The molecule has 4 aromatic rings. The number of pyridine rings is 2. The fourth-order valence-electron chi connectivity index (χ4n) is 5.36. The zero-order valence-electron chi connectivity index (χ0n) is 30.0. The molecule has 0 amide bonds. The molecular formula is C38H46Cl2N4O5S. The number of aryl methyl sites for hydroxylation is 4. The lowest BCUT2D eigenvalue weighted by molar-refractivity contribution is -0.142. The summed E-state index contributed by atoms with van der Waals surface area (Å²) in [7, 11) is 2.66. The summed E-state index contributed by atoms with van der Waals surface area (Å²) in [6.45, 7) is 13.7. The van der Waals surface area contributed by atoms with Crippen molar-refractivity contribution in [1.29, 1.82) is 0 Å². The van der Waals surface area contributed by atoms with E-state index in [-0.39, 0.29) is 18.8 Å². The lowest BCUT2D eigenvalue weighted by atomic mass is 9.95. The number of nitrogens with two attached hydrogens (primary N) is 1. The van der Waals surface area contributed by atoms with Gasteiger partial charge in [-0.05, 0) is 117 Å². The molecule has 0 fully saturated rings. The van der Waals surface area contributed by atoms with Crippen LogP contribution in [0.3, 0.4) is 0 Å². The van der Waals surface area contributed by atoms with Gasteiger partial charge in [-0.3, -0.25) is 9.59 Å². The number of carbonyl (C=O) groups excluding carboxylic acids is 2. The molecule has 2 aromatic carbocycles. The van der Waals surface area contributed by atoms with E-state index >= 15 is 0 Å². The van der Waals surface area contributed by atoms with E-state index in [1.165, 1.54) is 14.2 Å². The first-order chi connectivity index (χ1) is 23.4. The molecule has 268 valence electrons. The maximum atomic E-state index is 12.7. The van der Waals surface area contributed by atoms with Crippen molar-refractivity contribution in [3.8, 4) is 22.3 Å². The van der Waals surface area contributed by atoms with Crippen LogP contribution in [0.1, 0.15) is 79.3 Å². The van der Waals surface area contributed by atoms with Crippen molar-refractivity contribution in [3.05, 3.63) is 105 Å². The van der Waals surface area contributed by atoms with E-state index in [4.69, 9.17) is 33.7 Å². The number of carbonyl (C=O) groups is 2. The van der Waals surface area contributed by atoms with Gasteiger partial charge in [0.15, 0.2) is 0 Å². The third-order valence-electron chi connectivity index (χ3n) is 7.92. The van der Waals surface area contributed by atoms with E-state index in [1.54, 1.807) is 6.07 Å². The minimum absolute atomic E-state index is 0.00213. The van der Waals surface area contributed by atoms with Crippen LogP contribution in [0.25, 0.3) is 22.3 Å². The van der Waals surface area contributed by atoms with Crippen molar-refractivity contribution in [2.75, 3.05) is 14.2 Å². The average Bonchev–Trinajstić information content (AvgIpc) is 3.03. The number of aromatic nitrogens is 2. The molecule has 0 saturated carbocycles. The predicted octanol–water partition coefficient (Wildman–Crippen LogP) is 8.26. The number of rotatable bonds is 10. The molecule has 9 nitrogen and oxygen atoms in total. The topological polar surface area (TPSA) is 139 Å².